The number of carboxylic acids is 1. The van der Waals surface area contributed by atoms with Crippen molar-refractivity contribution in [3.8, 4) is 0 Å². The third-order valence-electron chi connectivity index (χ3n) is 1.94. The van der Waals surface area contributed by atoms with Gasteiger partial charge >= 0.3 is 5.97 Å². The first-order chi connectivity index (χ1) is 7.47. The Morgan fingerprint density at radius 2 is 2.19 bits per heavy atom. The van der Waals surface area contributed by atoms with Gasteiger partial charge in [-0.25, -0.2) is 4.79 Å². The van der Waals surface area contributed by atoms with Gasteiger partial charge in [-0.05, 0) is 18.6 Å². The summed E-state index contributed by atoms with van der Waals surface area (Å²) in [5.74, 6) is -2.27. The van der Waals surface area contributed by atoms with E-state index in [0.29, 0.717) is 6.42 Å². The highest BCUT2D eigenvalue weighted by molar-refractivity contribution is 7.86. The van der Waals surface area contributed by atoms with Gasteiger partial charge in [0.05, 0.1) is 0 Å². The Hall–Kier alpha value is -1.63. The molecule has 0 aliphatic heterocycles. The number of carbonyl (C=O) groups excluding carboxylic acids is 1. The van der Waals surface area contributed by atoms with Gasteiger partial charge in [-0.1, -0.05) is 6.92 Å². The largest absolute Gasteiger partial charge is 0.475 e. The molecule has 0 bridgehead atoms. The van der Waals surface area contributed by atoms with Crippen LogP contribution in [0.25, 0.3) is 0 Å². The van der Waals surface area contributed by atoms with E-state index < -0.39 is 27.9 Å². The highest BCUT2D eigenvalue weighted by Gasteiger charge is 2.25. The Morgan fingerprint density at radius 1 is 1.56 bits per heavy atom. The van der Waals surface area contributed by atoms with Crippen LogP contribution in [0.15, 0.2) is 21.6 Å². The molecule has 0 saturated carbocycles. The molecule has 16 heavy (non-hydrogen) atoms. The van der Waals surface area contributed by atoms with Gasteiger partial charge in [-0.15, -0.1) is 0 Å². The van der Waals surface area contributed by atoms with Crippen molar-refractivity contribution in [1.82, 2.24) is 0 Å². The number of furan rings is 1. The Balaban J connectivity index is 2.95. The second-order valence-electron chi connectivity index (χ2n) is 3.02. The first kappa shape index (κ1) is 12.4. The first-order valence-corrected chi connectivity index (χ1v) is 5.71. The molecule has 88 valence electrons. The van der Waals surface area contributed by atoms with Crippen LogP contribution in [0.1, 0.15) is 23.9 Å². The standard InChI is InChI=1S/C9H11NO5S/c1-2-6(8(10)11)16(14)7-4-3-5(15-7)9(12)13/h3-4,6H,2H2,1H3,(H2,10,11)(H,12,13). The van der Waals surface area contributed by atoms with Crippen LogP contribution in [0, 0.1) is 0 Å². The molecular weight excluding hydrogens is 234 g/mol. The first-order valence-electron chi connectivity index (χ1n) is 4.50. The van der Waals surface area contributed by atoms with E-state index in [1.807, 2.05) is 0 Å². The fourth-order valence-electron chi connectivity index (χ4n) is 1.14. The van der Waals surface area contributed by atoms with Crippen LogP contribution in [0.3, 0.4) is 0 Å². The van der Waals surface area contributed by atoms with Crippen molar-refractivity contribution in [2.75, 3.05) is 0 Å². The third kappa shape index (κ3) is 2.48. The molecule has 7 heteroatoms. The molecule has 2 unspecified atom stereocenters. The normalized spacial score (nSPS) is 14.3. The maximum Gasteiger partial charge on any atom is 0.371 e. The van der Waals surface area contributed by atoms with Gasteiger partial charge in [0, 0.05) is 0 Å². The average Bonchev–Trinajstić information content (AvgIpc) is 2.66. The number of aromatic carboxylic acids is 1. The SMILES string of the molecule is CCC(C(N)=O)S(=O)c1ccc(C(=O)O)o1. The van der Waals surface area contributed by atoms with Gasteiger partial charge in [-0.2, -0.15) is 0 Å². The monoisotopic (exact) mass is 245 g/mol. The predicted molar refractivity (Wildman–Crippen MR) is 55.3 cm³/mol. The molecule has 1 amide bonds. The van der Waals surface area contributed by atoms with E-state index >= 15 is 0 Å². The molecule has 1 aromatic rings. The van der Waals surface area contributed by atoms with Gasteiger partial charge in [0.2, 0.25) is 11.7 Å². The van der Waals surface area contributed by atoms with Crippen molar-refractivity contribution in [2.45, 2.75) is 23.7 Å². The number of rotatable bonds is 5. The van der Waals surface area contributed by atoms with Crippen molar-refractivity contribution in [3.05, 3.63) is 17.9 Å². The number of carbonyl (C=O) groups is 2. The summed E-state index contributed by atoms with van der Waals surface area (Å²) < 4.78 is 16.6. The minimum atomic E-state index is -1.75. The Kier molecular flexibility index (Phi) is 3.83. The molecule has 0 aliphatic carbocycles. The lowest BCUT2D eigenvalue weighted by Crippen LogP contribution is -2.31. The highest BCUT2D eigenvalue weighted by Crippen LogP contribution is 2.17. The van der Waals surface area contributed by atoms with Crippen molar-refractivity contribution >= 4 is 22.7 Å². The predicted octanol–water partition coefficient (Wildman–Crippen LogP) is 0.349. The van der Waals surface area contributed by atoms with E-state index in [9.17, 15) is 13.8 Å². The van der Waals surface area contributed by atoms with Crippen LogP contribution in [-0.2, 0) is 15.6 Å². The average molecular weight is 245 g/mol. The fraction of sp³-hybridized carbons (Fsp3) is 0.333. The number of hydrogen-bond acceptors (Lipinski definition) is 4. The molecule has 1 heterocycles. The smallest absolute Gasteiger partial charge is 0.371 e. The molecule has 0 spiro atoms. The second-order valence-corrected chi connectivity index (χ2v) is 4.59. The maximum absolute atomic E-state index is 11.8. The second kappa shape index (κ2) is 4.93. The van der Waals surface area contributed by atoms with E-state index in [-0.39, 0.29) is 10.9 Å². The van der Waals surface area contributed by atoms with Gasteiger partial charge in [0.25, 0.3) is 0 Å². The van der Waals surface area contributed by atoms with E-state index in [1.165, 1.54) is 12.1 Å². The van der Waals surface area contributed by atoms with Gasteiger partial charge in [0.15, 0.2) is 5.09 Å². The molecule has 2 atom stereocenters. The zero-order valence-electron chi connectivity index (χ0n) is 8.50. The molecule has 3 N–H and O–H groups in total. The molecule has 0 aromatic carbocycles. The quantitative estimate of drug-likeness (QED) is 0.777. The minimum Gasteiger partial charge on any atom is -0.475 e. The summed E-state index contributed by atoms with van der Waals surface area (Å²) in [6.07, 6.45) is 0.297. The number of primary amides is 1. The molecule has 1 rings (SSSR count). The lowest BCUT2D eigenvalue weighted by molar-refractivity contribution is -0.117. The highest BCUT2D eigenvalue weighted by atomic mass is 32.2. The van der Waals surface area contributed by atoms with E-state index in [4.69, 9.17) is 15.3 Å². The number of nitrogens with two attached hydrogens (primary N) is 1. The van der Waals surface area contributed by atoms with E-state index in [1.54, 1.807) is 6.92 Å². The van der Waals surface area contributed by atoms with Crippen molar-refractivity contribution in [1.29, 1.82) is 0 Å². The lowest BCUT2D eigenvalue weighted by atomic mass is 10.3. The van der Waals surface area contributed by atoms with Crippen LogP contribution in [0.4, 0.5) is 0 Å². The van der Waals surface area contributed by atoms with Crippen LogP contribution >= 0.6 is 0 Å². The zero-order valence-corrected chi connectivity index (χ0v) is 9.32. The Bertz CT molecular complexity index is 439. The molecule has 0 saturated heterocycles. The molecule has 0 fully saturated rings. The molecule has 0 aliphatic rings. The molecule has 0 radical (unpaired) electrons. The molecule has 1 aromatic heterocycles. The van der Waals surface area contributed by atoms with Crippen molar-refractivity contribution < 1.29 is 23.3 Å². The van der Waals surface area contributed by atoms with E-state index in [2.05, 4.69) is 0 Å². The maximum atomic E-state index is 11.8. The molecule has 6 nitrogen and oxygen atoms in total. The summed E-state index contributed by atoms with van der Waals surface area (Å²) in [7, 11) is -1.75. The Labute approximate surface area is 93.9 Å². The van der Waals surface area contributed by atoms with Gasteiger partial charge < -0.3 is 15.3 Å². The summed E-state index contributed by atoms with van der Waals surface area (Å²) in [5.41, 5.74) is 5.06. The minimum absolute atomic E-state index is 0.0527. The summed E-state index contributed by atoms with van der Waals surface area (Å²) in [6.45, 7) is 1.66. The fourth-order valence-corrected chi connectivity index (χ4v) is 2.31. The number of hydrogen-bond donors (Lipinski definition) is 2. The van der Waals surface area contributed by atoms with Crippen LogP contribution in [-0.4, -0.2) is 26.4 Å². The number of amides is 1. The van der Waals surface area contributed by atoms with Crippen molar-refractivity contribution in [2.24, 2.45) is 5.73 Å². The van der Waals surface area contributed by atoms with Gasteiger partial charge in [-0.3, -0.25) is 9.00 Å². The third-order valence-corrected chi connectivity index (χ3v) is 3.64. The summed E-state index contributed by atoms with van der Waals surface area (Å²) in [6, 6.07) is 2.45. The number of carboxylic acid groups (broad SMARTS) is 1. The van der Waals surface area contributed by atoms with E-state index in [0.717, 1.165) is 0 Å². The lowest BCUT2D eigenvalue weighted by Gasteiger charge is -2.07. The van der Waals surface area contributed by atoms with Crippen LogP contribution < -0.4 is 5.73 Å². The van der Waals surface area contributed by atoms with Crippen molar-refractivity contribution in [3.63, 3.8) is 0 Å². The van der Waals surface area contributed by atoms with Crippen LogP contribution in [0.5, 0.6) is 0 Å². The summed E-state index contributed by atoms with van der Waals surface area (Å²) in [5, 5.41) is 7.68. The van der Waals surface area contributed by atoms with Crippen LogP contribution in [0.2, 0.25) is 0 Å². The Morgan fingerprint density at radius 3 is 2.56 bits per heavy atom. The molecular formula is C9H11NO5S. The summed E-state index contributed by atoms with van der Waals surface area (Å²) >= 11 is 0. The topological polar surface area (TPSA) is 111 Å². The van der Waals surface area contributed by atoms with Gasteiger partial charge in [0.1, 0.15) is 16.0 Å². The summed E-state index contributed by atoms with van der Waals surface area (Å²) in [4.78, 5) is 21.5. The zero-order chi connectivity index (χ0) is 12.3.